The molecule has 0 spiro atoms. The lowest BCUT2D eigenvalue weighted by atomic mass is 10.0. The Bertz CT molecular complexity index is 939. The van der Waals surface area contributed by atoms with E-state index < -0.39 is 15.6 Å². The number of aliphatic hydroxyl groups is 1. The smallest absolute Gasteiger partial charge is 0.485 e. The van der Waals surface area contributed by atoms with Crippen LogP contribution in [0.25, 0.3) is 0 Å². The minimum Gasteiger partial charge on any atom is -0.741 e. The highest BCUT2D eigenvalue weighted by Crippen LogP contribution is 2.20. The molecule has 0 saturated heterocycles. The van der Waals surface area contributed by atoms with Crippen LogP contribution in [0.2, 0.25) is 0 Å². The van der Waals surface area contributed by atoms with Crippen LogP contribution >= 0.6 is 0 Å². The highest BCUT2D eigenvalue weighted by Gasteiger charge is 2.36. The topological polar surface area (TPSA) is 86.7 Å². The third kappa shape index (κ3) is 17.0. The van der Waals surface area contributed by atoms with Gasteiger partial charge >= 0.3 is 26.7 Å². The maximum Gasteiger partial charge on any atom is 0.485 e. The van der Waals surface area contributed by atoms with Gasteiger partial charge in [0.05, 0.1) is 6.10 Å². The Balaban J connectivity index is 0.000000738. The van der Waals surface area contributed by atoms with Crippen LogP contribution in [-0.4, -0.2) is 36.3 Å². The van der Waals surface area contributed by atoms with E-state index in [0.717, 1.165) is 18.6 Å². The van der Waals surface area contributed by atoms with Crippen molar-refractivity contribution in [2.24, 2.45) is 0 Å². The molecule has 1 unspecified atom stereocenters. The first-order valence-corrected chi connectivity index (χ1v) is 16.2. The number of benzene rings is 2. The van der Waals surface area contributed by atoms with Crippen molar-refractivity contribution in [1.82, 2.24) is 0 Å². The van der Waals surface area contributed by atoms with Crippen molar-refractivity contribution >= 4 is 10.1 Å². The largest absolute Gasteiger partial charge is 0.741 e. The SMILES string of the molecule is CCCCCCCCCCCCC(O)COc1ccc([I+]c2ccccc2)cc1.O=S(=O)([O-])C(F)(F)F. The third-order valence-corrected chi connectivity index (χ3v) is 8.63. The van der Waals surface area contributed by atoms with Gasteiger partial charge in [0.1, 0.15) is 12.4 Å². The third-order valence-electron chi connectivity index (χ3n) is 5.38. The summed E-state index contributed by atoms with van der Waals surface area (Å²) in [6.07, 6.45) is 13.7. The molecular formula is C27H38F3IO5S. The first-order valence-electron chi connectivity index (χ1n) is 12.7. The van der Waals surface area contributed by atoms with Crippen molar-refractivity contribution in [2.75, 3.05) is 6.61 Å². The molecule has 0 bridgehead atoms. The summed E-state index contributed by atoms with van der Waals surface area (Å²) < 4.78 is 67.5. The molecule has 1 N–H and O–H groups in total. The molecule has 2 aromatic rings. The fourth-order valence-corrected chi connectivity index (χ4v) is 5.55. The second kappa shape index (κ2) is 18.8. The molecule has 0 saturated carbocycles. The van der Waals surface area contributed by atoms with Gasteiger partial charge in [0.15, 0.2) is 17.3 Å². The molecule has 0 aromatic heterocycles. The van der Waals surface area contributed by atoms with Gasteiger partial charge in [-0.05, 0) is 42.8 Å². The Morgan fingerprint density at radius 2 is 1.30 bits per heavy atom. The molecule has 1 atom stereocenters. The Morgan fingerprint density at radius 1 is 0.838 bits per heavy atom. The molecule has 2 rings (SSSR count). The molecular weight excluding hydrogens is 620 g/mol. The van der Waals surface area contributed by atoms with Gasteiger partial charge in [-0.1, -0.05) is 89.3 Å². The summed E-state index contributed by atoms with van der Waals surface area (Å²) in [6.45, 7) is 2.66. The number of hydrogen-bond acceptors (Lipinski definition) is 5. The van der Waals surface area contributed by atoms with Crippen LogP contribution in [0.15, 0.2) is 54.6 Å². The average molecular weight is 659 g/mol. The van der Waals surface area contributed by atoms with Gasteiger partial charge in [-0.2, -0.15) is 13.2 Å². The number of aliphatic hydroxyl groups excluding tert-OH is 1. The summed E-state index contributed by atoms with van der Waals surface area (Å²) in [6, 6.07) is 19.0. The van der Waals surface area contributed by atoms with Gasteiger partial charge in [-0.3, -0.25) is 0 Å². The zero-order chi connectivity index (χ0) is 27.6. The monoisotopic (exact) mass is 658 g/mol. The summed E-state index contributed by atoms with van der Waals surface area (Å²) in [7, 11) is -6.09. The Labute approximate surface area is 229 Å². The van der Waals surface area contributed by atoms with Gasteiger partial charge in [0, 0.05) is 0 Å². The normalized spacial score (nSPS) is 12.5. The van der Waals surface area contributed by atoms with Gasteiger partial charge in [0.25, 0.3) is 0 Å². The molecule has 210 valence electrons. The van der Waals surface area contributed by atoms with Crippen molar-refractivity contribution in [3.05, 3.63) is 61.7 Å². The number of halogens is 4. The summed E-state index contributed by atoms with van der Waals surface area (Å²) in [5.41, 5.74) is -5.65. The minimum atomic E-state index is -6.09. The number of hydrogen-bond donors (Lipinski definition) is 1. The fraction of sp³-hybridized carbons (Fsp3) is 0.556. The van der Waals surface area contributed by atoms with Crippen molar-refractivity contribution in [1.29, 1.82) is 0 Å². The van der Waals surface area contributed by atoms with E-state index in [1.54, 1.807) is 0 Å². The van der Waals surface area contributed by atoms with Crippen LogP contribution < -0.4 is 25.9 Å². The van der Waals surface area contributed by atoms with Crippen LogP contribution in [0.5, 0.6) is 5.75 Å². The van der Waals surface area contributed by atoms with E-state index in [2.05, 4.69) is 49.4 Å². The van der Waals surface area contributed by atoms with E-state index in [4.69, 9.17) is 17.7 Å². The molecule has 5 nitrogen and oxygen atoms in total. The predicted molar refractivity (Wildman–Crippen MR) is 134 cm³/mol. The molecule has 0 radical (unpaired) electrons. The second-order valence-corrected chi connectivity index (χ2v) is 13.1. The molecule has 0 aliphatic rings. The van der Waals surface area contributed by atoms with E-state index in [1.807, 2.05) is 12.1 Å². The lowest BCUT2D eigenvalue weighted by molar-refractivity contribution is -0.597. The van der Waals surface area contributed by atoms with Crippen LogP contribution in [-0.2, 0) is 10.1 Å². The standard InChI is InChI=1S/C26H38IO2.CHF3O3S/c1-2-3-4-5-6-7-8-9-10-14-17-25(28)22-29-26-20-18-24(19-21-26)27-23-15-12-11-13-16-23;2-1(3,4)8(5,6)7/h11-13,15-16,18-21,25,28H,2-10,14,17,22H2,1H3;(H,5,6,7)/q+1;/p-1. The molecule has 0 fully saturated rings. The van der Waals surface area contributed by atoms with Crippen LogP contribution in [0, 0.1) is 7.14 Å². The quantitative estimate of drug-likeness (QED) is 0.128. The summed E-state index contributed by atoms with van der Waals surface area (Å²) in [5.74, 6) is 0.855. The Kier molecular flexibility index (Phi) is 17.1. The Hall–Kier alpha value is -1.37. The predicted octanol–water partition coefficient (Wildman–Crippen LogP) is 3.92. The molecule has 10 heteroatoms. The first kappa shape index (κ1) is 33.7. The molecule has 0 heterocycles. The van der Waals surface area contributed by atoms with Crippen LogP contribution in [0.4, 0.5) is 13.2 Å². The number of ether oxygens (including phenoxy) is 1. The number of alkyl halides is 3. The maximum absolute atomic E-state index is 10.7. The van der Waals surface area contributed by atoms with Gasteiger partial charge in [0.2, 0.25) is 0 Å². The lowest BCUT2D eigenvalue weighted by Gasteiger charge is -2.12. The molecule has 0 amide bonds. The van der Waals surface area contributed by atoms with Crippen molar-refractivity contribution < 1.29 is 57.2 Å². The zero-order valence-electron chi connectivity index (χ0n) is 21.3. The number of unbranched alkanes of at least 4 members (excludes halogenated alkanes) is 9. The highest BCUT2D eigenvalue weighted by molar-refractivity contribution is 7.86. The number of rotatable bonds is 16. The summed E-state index contributed by atoms with van der Waals surface area (Å²) in [5, 5.41) is 10.2. The van der Waals surface area contributed by atoms with Crippen LogP contribution in [0.3, 0.4) is 0 Å². The van der Waals surface area contributed by atoms with E-state index in [1.165, 1.54) is 64.9 Å². The first-order chi connectivity index (χ1) is 17.5. The van der Waals surface area contributed by atoms with Gasteiger partial charge < -0.3 is 14.4 Å². The second-order valence-electron chi connectivity index (χ2n) is 8.68. The van der Waals surface area contributed by atoms with Crippen molar-refractivity contribution in [3.63, 3.8) is 0 Å². The van der Waals surface area contributed by atoms with E-state index in [-0.39, 0.29) is 27.3 Å². The van der Waals surface area contributed by atoms with E-state index in [0.29, 0.717) is 6.61 Å². The fourth-order valence-electron chi connectivity index (χ4n) is 3.34. The average Bonchev–Trinajstić information content (AvgIpc) is 2.84. The molecule has 0 aliphatic heterocycles. The van der Waals surface area contributed by atoms with Gasteiger partial charge in [-0.15, -0.1) is 0 Å². The molecule has 37 heavy (non-hydrogen) atoms. The minimum absolute atomic E-state index is 0.131. The highest BCUT2D eigenvalue weighted by atomic mass is 127. The van der Waals surface area contributed by atoms with Crippen LogP contribution in [0.1, 0.15) is 77.6 Å². The van der Waals surface area contributed by atoms with E-state index in [9.17, 15) is 18.3 Å². The van der Waals surface area contributed by atoms with Gasteiger partial charge in [-0.25, -0.2) is 8.42 Å². The summed E-state index contributed by atoms with van der Waals surface area (Å²) in [4.78, 5) is 0. The Morgan fingerprint density at radius 3 is 1.78 bits per heavy atom. The molecule has 0 aliphatic carbocycles. The van der Waals surface area contributed by atoms with Crippen molar-refractivity contribution in [2.45, 2.75) is 89.2 Å². The maximum atomic E-state index is 10.7. The van der Waals surface area contributed by atoms with Crippen molar-refractivity contribution in [3.8, 4) is 5.75 Å². The van der Waals surface area contributed by atoms with E-state index >= 15 is 0 Å². The summed E-state index contributed by atoms with van der Waals surface area (Å²) >= 11 is -0.131. The molecule has 2 aromatic carbocycles. The lowest BCUT2D eigenvalue weighted by Crippen LogP contribution is -3.61. The zero-order valence-corrected chi connectivity index (χ0v) is 24.2.